The molecule has 1 aliphatic rings. The highest BCUT2D eigenvalue weighted by molar-refractivity contribution is 7.86. The smallest absolute Gasteiger partial charge is 0.413 e. The van der Waals surface area contributed by atoms with Gasteiger partial charge in [-0.2, -0.15) is 8.42 Å². The number of ether oxygens (including phenoxy) is 2. The van der Waals surface area contributed by atoms with Crippen molar-refractivity contribution in [3.05, 3.63) is 0 Å². The van der Waals surface area contributed by atoms with Gasteiger partial charge in [-0.3, -0.25) is 5.32 Å². The summed E-state index contributed by atoms with van der Waals surface area (Å²) in [5, 5.41) is 2.05. The summed E-state index contributed by atoms with van der Waals surface area (Å²) in [6, 6.07) is 0. The van der Waals surface area contributed by atoms with E-state index in [4.69, 9.17) is 9.47 Å². The van der Waals surface area contributed by atoms with E-state index in [-0.39, 0.29) is 0 Å². The fourth-order valence-corrected chi connectivity index (χ4v) is 2.11. The summed E-state index contributed by atoms with van der Waals surface area (Å²) in [4.78, 5) is 24.9. The summed E-state index contributed by atoms with van der Waals surface area (Å²) in [6.45, 7) is 5.92. The van der Waals surface area contributed by atoms with Gasteiger partial charge in [0.2, 0.25) is 0 Å². The molecule has 128 valence electrons. The van der Waals surface area contributed by atoms with E-state index in [1.165, 1.54) is 4.90 Å². The van der Waals surface area contributed by atoms with Gasteiger partial charge in [0.15, 0.2) is 0 Å². The van der Waals surface area contributed by atoms with Gasteiger partial charge >= 0.3 is 18.6 Å². The Morgan fingerprint density at radius 3 is 2.18 bits per heavy atom. The lowest BCUT2D eigenvalue weighted by atomic mass is 10.2. The highest BCUT2D eigenvalue weighted by atomic mass is 32.2. The summed E-state index contributed by atoms with van der Waals surface area (Å²) >= 11 is 0. The van der Waals surface area contributed by atoms with E-state index in [0.29, 0.717) is 13.1 Å². The Balaban J connectivity index is 2.67. The van der Waals surface area contributed by atoms with Crippen LogP contribution in [0.1, 0.15) is 33.6 Å². The average Bonchev–Trinajstić information content (AvgIpc) is 2.75. The lowest BCUT2D eigenvalue weighted by Gasteiger charge is -2.24. The van der Waals surface area contributed by atoms with Crippen LogP contribution in [0.2, 0.25) is 0 Å². The molecule has 0 saturated carbocycles. The van der Waals surface area contributed by atoms with Crippen LogP contribution in [0.15, 0.2) is 0 Å². The van der Waals surface area contributed by atoms with Crippen LogP contribution in [-0.2, 0) is 23.8 Å². The minimum atomic E-state index is -3.95. The number of likely N-dealkylation sites (tertiary alicyclic amines) is 1. The van der Waals surface area contributed by atoms with Crippen LogP contribution < -0.4 is 5.32 Å². The number of amides is 2. The van der Waals surface area contributed by atoms with Gasteiger partial charge in [-0.1, -0.05) is 0 Å². The lowest BCUT2D eigenvalue weighted by Crippen LogP contribution is -2.45. The van der Waals surface area contributed by atoms with E-state index >= 15 is 0 Å². The maximum atomic E-state index is 11.8. The molecule has 1 fully saturated rings. The summed E-state index contributed by atoms with van der Waals surface area (Å²) < 4.78 is 36.8. The molecule has 1 saturated heterocycles. The molecule has 0 aromatic rings. The predicted molar refractivity (Wildman–Crippen MR) is 76.4 cm³/mol. The molecule has 1 heterocycles. The number of carbonyl (C=O) groups is 2. The summed E-state index contributed by atoms with van der Waals surface area (Å²) in [5.41, 5.74) is -0.793. The summed E-state index contributed by atoms with van der Waals surface area (Å²) in [6.07, 6.45) is -1.05. The van der Waals surface area contributed by atoms with E-state index in [2.05, 4.69) is 9.50 Å². The third kappa shape index (κ3) is 7.46. The number of nitrogens with zero attached hydrogens (tertiary/aromatic N) is 1. The van der Waals surface area contributed by atoms with E-state index in [9.17, 15) is 18.0 Å². The fraction of sp³-hybridized carbons (Fsp3) is 0.833. The molecule has 1 aliphatic heterocycles. The number of hydrogen-bond donors (Lipinski definition) is 1. The van der Waals surface area contributed by atoms with Crippen molar-refractivity contribution in [2.45, 2.75) is 45.6 Å². The number of carbonyl (C=O) groups excluding carboxylic acids is 2. The molecule has 0 aromatic carbocycles. The van der Waals surface area contributed by atoms with Gasteiger partial charge in [0.25, 0.3) is 10.1 Å². The van der Waals surface area contributed by atoms with Gasteiger partial charge < -0.3 is 14.4 Å². The Hall–Kier alpha value is -1.55. The van der Waals surface area contributed by atoms with Crippen LogP contribution in [0.5, 0.6) is 0 Å². The van der Waals surface area contributed by atoms with Gasteiger partial charge in [-0.25, -0.2) is 13.8 Å². The van der Waals surface area contributed by atoms with Crippen molar-refractivity contribution in [3.8, 4) is 0 Å². The zero-order valence-corrected chi connectivity index (χ0v) is 13.9. The van der Waals surface area contributed by atoms with Gasteiger partial charge in [-0.15, -0.1) is 0 Å². The van der Waals surface area contributed by atoms with E-state index in [0.717, 1.165) is 19.1 Å². The normalized spacial score (nSPS) is 17.0. The van der Waals surface area contributed by atoms with Crippen molar-refractivity contribution < 1.29 is 31.7 Å². The largest absolute Gasteiger partial charge is 0.444 e. The Morgan fingerprint density at radius 2 is 1.73 bits per heavy atom. The number of nitrogens with one attached hydrogen (secondary N) is 1. The third-order valence-electron chi connectivity index (χ3n) is 2.47. The molecule has 1 atom stereocenters. The molecule has 1 rings (SSSR count). The second-order valence-electron chi connectivity index (χ2n) is 5.86. The molecule has 0 aromatic heterocycles. The minimum absolute atomic E-state index is 0.511. The van der Waals surface area contributed by atoms with Crippen molar-refractivity contribution >= 4 is 22.3 Å². The monoisotopic (exact) mass is 338 g/mol. The quantitative estimate of drug-likeness (QED) is 0.601. The zero-order valence-electron chi connectivity index (χ0n) is 13.1. The Kier molecular flexibility index (Phi) is 6.00. The maximum Gasteiger partial charge on any atom is 0.413 e. The van der Waals surface area contributed by atoms with E-state index < -0.39 is 34.3 Å². The van der Waals surface area contributed by atoms with E-state index in [1.807, 2.05) is 0 Å². The highest BCUT2D eigenvalue weighted by Gasteiger charge is 2.28. The van der Waals surface area contributed by atoms with Crippen molar-refractivity contribution in [3.63, 3.8) is 0 Å². The molecular formula is C12H22N2O7S. The zero-order chi connectivity index (χ0) is 17.0. The first-order valence-corrected chi connectivity index (χ1v) is 8.61. The molecule has 22 heavy (non-hydrogen) atoms. The SMILES string of the molecule is CC(C)(C)OC(=O)NC(OC(=O)N1CCCC1)OS(C)(=O)=O. The molecule has 1 unspecified atom stereocenters. The molecular weight excluding hydrogens is 316 g/mol. The van der Waals surface area contributed by atoms with Crippen molar-refractivity contribution in [2.75, 3.05) is 19.3 Å². The number of rotatable bonds is 4. The first-order valence-electron chi connectivity index (χ1n) is 6.80. The van der Waals surface area contributed by atoms with Gasteiger partial charge in [0, 0.05) is 13.1 Å². The first kappa shape index (κ1) is 18.5. The van der Waals surface area contributed by atoms with Crippen LogP contribution in [0.25, 0.3) is 0 Å². The van der Waals surface area contributed by atoms with E-state index in [1.54, 1.807) is 20.8 Å². The van der Waals surface area contributed by atoms with Crippen LogP contribution in [-0.4, -0.2) is 56.9 Å². The Bertz CT molecular complexity index is 506. The van der Waals surface area contributed by atoms with Crippen LogP contribution >= 0.6 is 0 Å². The molecule has 0 spiro atoms. The van der Waals surface area contributed by atoms with Gasteiger partial charge in [0.05, 0.1) is 6.26 Å². The Labute approximate surface area is 130 Å². The number of hydrogen-bond acceptors (Lipinski definition) is 7. The Morgan fingerprint density at radius 1 is 1.18 bits per heavy atom. The average molecular weight is 338 g/mol. The molecule has 2 amide bonds. The standard InChI is InChI=1S/C12H22N2O7S/c1-12(2,3)20-9(15)13-10(21-22(4,17)18)19-11(16)14-7-5-6-8-14/h10H,5-8H2,1-4H3,(H,13,15). The van der Waals surface area contributed by atoms with Crippen LogP contribution in [0.4, 0.5) is 9.59 Å². The molecule has 0 radical (unpaired) electrons. The summed E-state index contributed by atoms with van der Waals surface area (Å²) in [5.74, 6) is 0. The topological polar surface area (TPSA) is 111 Å². The highest BCUT2D eigenvalue weighted by Crippen LogP contribution is 2.11. The third-order valence-corrected chi connectivity index (χ3v) is 2.99. The lowest BCUT2D eigenvalue weighted by molar-refractivity contribution is -0.0632. The van der Waals surface area contributed by atoms with Crippen molar-refractivity contribution in [2.24, 2.45) is 0 Å². The predicted octanol–water partition coefficient (Wildman–Crippen LogP) is 1.00. The molecule has 0 bridgehead atoms. The number of alkyl carbamates (subject to hydrolysis) is 1. The van der Waals surface area contributed by atoms with Crippen LogP contribution in [0, 0.1) is 0 Å². The molecule has 0 aliphatic carbocycles. The molecule has 9 nitrogen and oxygen atoms in total. The van der Waals surface area contributed by atoms with Gasteiger partial charge in [-0.05, 0) is 33.6 Å². The molecule has 1 N–H and O–H groups in total. The maximum absolute atomic E-state index is 11.8. The fourth-order valence-electron chi connectivity index (χ4n) is 1.70. The van der Waals surface area contributed by atoms with Gasteiger partial charge in [0.1, 0.15) is 5.60 Å². The van der Waals surface area contributed by atoms with Crippen LogP contribution in [0.3, 0.4) is 0 Å². The molecule has 10 heteroatoms. The minimum Gasteiger partial charge on any atom is -0.444 e. The van der Waals surface area contributed by atoms with Crippen molar-refractivity contribution in [1.82, 2.24) is 10.2 Å². The second kappa shape index (κ2) is 7.14. The van der Waals surface area contributed by atoms with Crippen molar-refractivity contribution in [1.29, 1.82) is 0 Å². The summed E-state index contributed by atoms with van der Waals surface area (Å²) in [7, 11) is -3.95. The first-order chi connectivity index (χ1) is 9.96. The second-order valence-corrected chi connectivity index (χ2v) is 7.46.